The van der Waals surface area contributed by atoms with Crippen LogP contribution in [-0.4, -0.2) is 143 Å². The fourth-order valence-corrected chi connectivity index (χ4v) is 8.46. The third-order valence-corrected chi connectivity index (χ3v) is 12.1. The number of hydrogen-bond acceptors (Lipinski definition) is 16. The van der Waals surface area contributed by atoms with E-state index in [9.17, 15) is 34.3 Å². The number of carbonyl (C=O) groups is 5. The van der Waals surface area contributed by atoms with Crippen LogP contribution in [0.5, 0.6) is 0 Å². The van der Waals surface area contributed by atoms with E-state index in [0.717, 1.165) is 17.7 Å². The number of carbonyl (C=O) groups excluding carboxylic acids is 5. The molecule has 2 saturated carbocycles. The van der Waals surface area contributed by atoms with Gasteiger partial charge < -0.3 is 45.3 Å². The summed E-state index contributed by atoms with van der Waals surface area (Å²) >= 11 is 0. The Morgan fingerprint density at radius 2 is 1.52 bits per heavy atom. The zero-order valence-corrected chi connectivity index (χ0v) is 37.0. The maximum absolute atomic E-state index is 13.5. The van der Waals surface area contributed by atoms with Gasteiger partial charge >= 0.3 is 0 Å². The lowest BCUT2D eigenvalue weighted by molar-refractivity contribution is -0.139. The van der Waals surface area contributed by atoms with Gasteiger partial charge in [-0.25, -0.2) is 9.97 Å². The predicted molar refractivity (Wildman–Crippen MR) is 240 cm³/mol. The molecule has 0 bridgehead atoms. The second-order valence-electron chi connectivity index (χ2n) is 16.8. The molecule has 0 radical (unpaired) electrons. The van der Waals surface area contributed by atoms with Crippen molar-refractivity contribution < 1.29 is 48.0 Å². The lowest BCUT2D eigenvalue weighted by Crippen LogP contribution is -2.53. The van der Waals surface area contributed by atoms with Gasteiger partial charge in [-0.2, -0.15) is 15.0 Å². The summed E-state index contributed by atoms with van der Waals surface area (Å²) in [5.74, 6) is -1.32. The van der Waals surface area contributed by atoms with Gasteiger partial charge in [0.1, 0.15) is 12.1 Å². The van der Waals surface area contributed by atoms with E-state index in [1.165, 1.54) is 6.20 Å². The van der Waals surface area contributed by atoms with E-state index in [4.69, 9.17) is 18.9 Å². The van der Waals surface area contributed by atoms with Crippen LogP contribution in [0.3, 0.4) is 0 Å². The molecular formula is C46H55N11O10. The molecule has 67 heavy (non-hydrogen) atoms. The summed E-state index contributed by atoms with van der Waals surface area (Å²) in [6, 6.07) is 9.96. The van der Waals surface area contributed by atoms with Crippen molar-refractivity contribution in [3.63, 3.8) is 0 Å². The number of amides is 5. The number of piperidine rings is 1. The predicted octanol–water partition coefficient (Wildman–Crippen LogP) is 2.10. The van der Waals surface area contributed by atoms with Crippen molar-refractivity contribution >= 4 is 51.9 Å². The average Bonchev–Trinajstić information content (AvgIpc) is 3.99. The molecule has 2 unspecified atom stereocenters. The van der Waals surface area contributed by atoms with Crippen LogP contribution in [-0.2, 0) is 33.3 Å². The Balaban J connectivity index is 0.637. The van der Waals surface area contributed by atoms with Crippen LogP contribution in [0.15, 0.2) is 48.9 Å². The highest BCUT2D eigenvalue weighted by Gasteiger charge is 2.45. The van der Waals surface area contributed by atoms with E-state index in [1.807, 2.05) is 0 Å². The lowest BCUT2D eigenvalue weighted by atomic mass is 9.85. The van der Waals surface area contributed by atoms with Gasteiger partial charge in [0.2, 0.25) is 17.7 Å². The number of rotatable bonds is 23. The summed E-state index contributed by atoms with van der Waals surface area (Å²) < 4.78 is 24.0. The van der Waals surface area contributed by atoms with Crippen LogP contribution < -0.4 is 26.6 Å². The van der Waals surface area contributed by atoms with Gasteiger partial charge in [-0.3, -0.25) is 34.2 Å². The molecule has 0 spiro atoms. The van der Waals surface area contributed by atoms with Crippen LogP contribution in [0.1, 0.15) is 89.4 Å². The van der Waals surface area contributed by atoms with Gasteiger partial charge in [0.05, 0.1) is 75.9 Å². The molecule has 3 fully saturated rings. The normalized spacial score (nSPS) is 20.3. The molecule has 1 aromatic carbocycles. The van der Waals surface area contributed by atoms with E-state index < -0.39 is 30.0 Å². The number of aliphatic hydroxyl groups is 1. The third-order valence-electron chi connectivity index (χ3n) is 12.1. The number of benzene rings is 1. The van der Waals surface area contributed by atoms with Crippen molar-refractivity contribution in [1.29, 1.82) is 5.26 Å². The zero-order valence-electron chi connectivity index (χ0n) is 37.0. The molecule has 354 valence electrons. The summed E-state index contributed by atoms with van der Waals surface area (Å²) in [5, 5.41) is 40.4. The minimum Gasteiger partial charge on any atom is -0.382 e. The molecule has 6 N–H and O–H groups in total. The lowest BCUT2D eigenvalue weighted by Gasteiger charge is -2.32. The first-order valence-corrected chi connectivity index (χ1v) is 22.8. The van der Waals surface area contributed by atoms with Gasteiger partial charge in [-0.15, -0.1) is 0 Å². The molecule has 4 aliphatic rings. The van der Waals surface area contributed by atoms with Gasteiger partial charge in [-0.1, -0.05) is 6.07 Å². The Morgan fingerprint density at radius 1 is 0.821 bits per heavy atom. The molecule has 1 saturated heterocycles. The number of fused-ring (bicyclic) bond motifs is 2. The SMILES string of the molecule is N#Cc1cnc2c(cnn2-c2cc(NC3CC3)c(C(=O)NC3CCC(C(=O)NCCOCCOCCOCCOCCNc4cccc5c4C(O)N(C4CCC(=O)NC4=O)C5=O)CC3)cn2)c1. The molecule has 21 nitrogen and oxygen atoms in total. The van der Waals surface area contributed by atoms with Crippen molar-refractivity contribution in [2.75, 3.05) is 76.6 Å². The molecule has 5 amide bonds. The fourth-order valence-electron chi connectivity index (χ4n) is 8.46. The van der Waals surface area contributed by atoms with Gasteiger partial charge in [0.25, 0.3) is 11.8 Å². The summed E-state index contributed by atoms with van der Waals surface area (Å²) in [5.41, 5.74) is 3.37. The number of pyridine rings is 2. The first kappa shape index (κ1) is 46.9. The number of ether oxygens (including phenoxy) is 4. The van der Waals surface area contributed by atoms with Crippen molar-refractivity contribution in [1.82, 2.24) is 40.6 Å². The highest BCUT2D eigenvalue weighted by atomic mass is 16.6. The Bertz CT molecular complexity index is 2480. The number of nitrogens with one attached hydrogen (secondary N) is 5. The smallest absolute Gasteiger partial charge is 0.257 e. The van der Waals surface area contributed by atoms with E-state index in [0.29, 0.717) is 142 Å². The second-order valence-corrected chi connectivity index (χ2v) is 16.8. The van der Waals surface area contributed by atoms with Crippen LogP contribution in [0, 0.1) is 17.2 Å². The molecular weight excluding hydrogens is 867 g/mol. The minimum absolute atomic E-state index is 0.0146. The molecule has 3 aromatic heterocycles. The number of aromatic nitrogens is 4. The van der Waals surface area contributed by atoms with Crippen molar-refractivity contribution in [3.05, 3.63) is 71.2 Å². The largest absolute Gasteiger partial charge is 0.382 e. The van der Waals surface area contributed by atoms with Crippen molar-refractivity contribution in [3.8, 4) is 11.9 Å². The van der Waals surface area contributed by atoms with Crippen LogP contribution in [0.25, 0.3) is 16.9 Å². The second kappa shape index (κ2) is 22.3. The Kier molecular flexibility index (Phi) is 15.6. The first-order valence-electron chi connectivity index (χ1n) is 22.8. The Hall–Kier alpha value is -6.57. The summed E-state index contributed by atoms with van der Waals surface area (Å²) in [4.78, 5) is 73.5. The molecule has 2 aliphatic carbocycles. The molecule has 4 aromatic rings. The first-order chi connectivity index (χ1) is 32.7. The van der Waals surface area contributed by atoms with Crippen LogP contribution in [0.4, 0.5) is 11.4 Å². The van der Waals surface area contributed by atoms with Crippen molar-refractivity contribution in [2.24, 2.45) is 5.92 Å². The highest BCUT2D eigenvalue weighted by Crippen LogP contribution is 2.39. The van der Waals surface area contributed by atoms with Gasteiger partial charge in [0.15, 0.2) is 17.7 Å². The van der Waals surface area contributed by atoms with Crippen LogP contribution >= 0.6 is 0 Å². The number of hydrogen-bond donors (Lipinski definition) is 6. The zero-order chi connectivity index (χ0) is 46.7. The molecule has 2 atom stereocenters. The Labute approximate surface area is 386 Å². The number of anilines is 2. The highest BCUT2D eigenvalue weighted by molar-refractivity contribution is 6.06. The van der Waals surface area contributed by atoms with Crippen LogP contribution in [0.2, 0.25) is 0 Å². The topological polar surface area (TPSA) is 273 Å². The summed E-state index contributed by atoms with van der Waals surface area (Å²) in [6.45, 7) is 3.74. The number of nitriles is 1. The fraction of sp³-hybridized carbons (Fsp3) is 0.500. The van der Waals surface area contributed by atoms with E-state index >= 15 is 0 Å². The van der Waals surface area contributed by atoms with Crippen molar-refractivity contribution in [2.45, 2.75) is 75.7 Å². The minimum atomic E-state index is -1.32. The summed E-state index contributed by atoms with van der Waals surface area (Å²) in [6.07, 6.45) is 8.34. The molecule has 8 rings (SSSR count). The number of aliphatic hydroxyl groups excluding tert-OH is 1. The Morgan fingerprint density at radius 3 is 2.22 bits per heavy atom. The number of imide groups is 1. The van der Waals surface area contributed by atoms with E-state index in [-0.39, 0.29) is 42.7 Å². The third kappa shape index (κ3) is 11.7. The maximum Gasteiger partial charge on any atom is 0.257 e. The molecule has 2 aliphatic heterocycles. The van der Waals surface area contributed by atoms with Gasteiger partial charge in [-0.05, 0) is 63.1 Å². The standard InChI is InChI=1S/C46H55N11O10/c47-24-28-22-30-26-52-57(41(30)51-25-28)38-23-36(53-31-8-9-31)34(27-50-38)43(60)54-32-6-4-29(5-7-32)42(59)49-13-15-65-17-19-67-21-20-66-18-16-64-14-12-48-35-3-1-2-33-40(35)46(63)56(45(33)62)37-10-11-39(58)55-44(37)61/h1-3,22-23,25-27,29,31-32,37,46,48,63H,4-21H2,(H,49,59)(H,50,53)(H,54,60)(H,55,58,61). The van der Waals surface area contributed by atoms with E-state index in [2.05, 4.69) is 47.7 Å². The average molecular weight is 922 g/mol. The summed E-state index contributed by atoms with van der Waals surface area (Å²) in [7, 11) is 0. The van der Waals surface area contributed by atoms with Gasteiger partial charge in [0, 0.05) is 78.2 Å². The monoisotopic (exact) mass is 921 g/mol. The van der Waals surface area contributed by atoms with E-state index in [1.54, 1.807) is 47.4 Å². The molecule has 21 heteroatoms. The molecule has 5 heterocycles. The quantitative estimate of drug-likeness (QED) is 0.0459. The number of nitrogens with zero attached hydrogens (tertiary/aromatic N) is 6. The maximum atomic E-state index is 13.5.